The third kappa shape index (κ3) is 2.24. The Bertz CT molecular complexity index is 395. The van der Waals surface area contributed by atoms with Crippen molar-refractivity contribution in [3.05, 3.63) is 18.2 Å². The molecule has 1 fully saturated rings. The maximum Gasteiger partial charge on any atom is 0.308 e. The fourth-order valence-corrected chi connectivity index (χ4v) is 2.00. The number of carboxylic acids is 1. The molecule has 3 N–H and O–H groups in total. The van der Waals surface area contributed by atoms with E-state index >= 15 is 0 Å². The monoisotopic (exact) mass is 221 g/mol. The van der Waals surface area contributed by atoms with Crippen LogP contribution >= 0.6 is 0 Å². The number of nitrogen functional groups attached to an aromatic ring is 1. The van der Waals surface area contributed by atoms with Gasteiger partial charge in [0.15, 0.2) is 0 Å². The third-order valence-corrected chi connectivity index (χ3v) is 2.85. The number of aromatic nitrogens is 1. The predicted molar refractivity (Wildman–Crippen MR) is 61.2 cm³/mol. The molecule has 1 aliphatic rings. The van der Waals surface area contributed by atoms with Crippen LogP contribution in [-0.4, -0.2) is 29.1 Å². The molecule has 1 atom stereocenters. The minimum absolute atomic E-state index is 0.294. The summed E-state index contributed by atoms with van der Waals surface area (Å²) in [5.74, 6) is 0.214. The minimum atomic E-state index is -0.728. The van der Waals surface area contributed by atoms with Gasteiger partial charge in [-0.1, -0.05) is 6.07 Å². The third-order valence-electron chi connectivity index (χ3n) is 2.85. The molecule has 0 unspecified atom stereocenters. The van der Waals surface area contributed by atoms with Gasteiger partial charge in [0, 0.05) is 13.1 Å². The molecule has 0 amide bonds. The van der Waals surface area contributed by atoms with E-state index in [9.17, 15) is 4.79 Å². The Hall–Kier alpha value is -1.78. The highest BCUT2D eigenvalue weighted by Gasteiger charge is 2.25. The summed E-state index contributed by atoms with van der Waals surface area (Å²) in [5, 5.41) is 8.99. The van der Waals surface area contributed by atoms with E-state index < -0.39 is 5.97 Å². The lowest BCUT2D eigenvalue weighted by atomic mass is 9.98. The van der Waals surface area contributed by atoms with Crippen molar-refractivity contribution in [2.24, 2.45) is 5.92 Å². The van der Waals surface area contributed by atoms with Crippen molar-refractivity contribution < 1.29 is 9.90 Å². The van der Waals surface area contributed by atoms with Crippen molar-refractivity contribution in [1.29, 1.82) is 0 Å². The molecule has 1 aliphatic heterocycles. The maximum atomic E-state index is 10.9. The number of anilines is 2. The fraction of sp³-hybridized carbons (Fsp3) is 0.455. The molecule has 5 heteroatoms. The molecule has 0 aromatic carbocycles. The fourth-order valence-electron chi connectivity index (χ4n) is 2.00. The topological polar surface area (TPSA) is 79.5 Å². The second-order valence-corrected chi connectivity index (χ2v) is 4.04. The predicted octanol–water partition coefficient (Wildman–Crippen LogP) is 0.965. The Balaban J connectivity index is 2.12. The lowest BCUT2D eigenvalue weighted by molar-refractivity contribution is -0.141. The summed E-state index contributed by atoms with van der Waals surface area (Å²) in [6.07, 6.45) is 1.63. The second kappa shape index (κ2) is 4.38. The number of piperidine rings is 1. The van der Waals surface area contributed by atoms with Gasteiger partial charge >= 0.3 is 5.97 Å². The first kappa shape index (κ1) is 10.7. The standard InChI is InChI=1S/C11H15N3O2/c12-9-4-1-5-10(13-9)14-6-2-3-8(7-14)11(15)16/h1,4-5,8H,2-3,6-7H2,(H2,12,13)(H,15,16)/t8-/m1/s1. The number of carboxylic acid groups (broad SMARTS) is 1. The van der Waals surface area contributed by atoms with E-state index in [0.29, 0.717) is 12.4 Å². The highest BCUT2D eigenvalue weighted by atomic mass is 16.4. The molecule has 86 valence electrons. The van der Waals surface area contributed by atoms with Crippen LogP contribution in [0.3, 0.4) is 0 Å². The first-order valence-electron chi connectivity index (χ1n) is 5.37. The molecule has 0 radical (unpaired) electrons. The van der Waals surface area contributed by atoms with E-state index in [1.807, 2.05) is 17.0 Å². The average Bonchev–Trinajstić information content (AvgIpc) is 2.29. The van der Waals surface area contributed by atoms with Gasteiger partial charge in [-0.25, -0.2) is 4.98 Å². The van der Waals surface area contributed by atoms with Crippen LogP contribution in [0.1, 0.15) is 12.8 Å². The second-order valence-electron chi connectivity index (χ2n) is 4.04. The van der Waals surface area contributed by atoms with E-state index in [0.717, 1.165) is 25.2 Å². The zero-order chi connectivity index (χ0) is 11.5. The smallest absolute Gasteiger partial charge is 0.308 e. The van der Waals surface area contributed by atoms with E-state index in [2.05, 4.69) is 4.98 Å². The quantitative estimate of drug-likeness (QED) is 0.777. The Morgan fingerprint density at radius 3 is 3.06 bits per heavy atom. The SMILES string of the molecule is Nc1cccc(N2CCC[C@@H](C(=O)O)C2)n1. The number of nitrogens with zero attached hydrogens (tertiary/aromatic N) is 2. The number of aliphatic carboxylic acids is 1. The van der Waals surface area contributed by atoms with Crippen LogP contribution in [-0.2, 0) is 4.79 Å². The molecule has 2 heterocycles. The van der Waals surface area contributed by atoms with Gasteiger partial charge in [-0.15, -0.1) is 0 Å². The summed E-state index contributed by atoms with van der Waals surface area (Å²) < 4.78 is 0. The van der Waals surface area contributed by atoms with Crippen LogP contribution in [0.15, 0.2) is 18.2 Å². The first-order chi connectivity index (χ1) is 7.66. The van der Waals surface area contributed by atoms with Crippen LogP contribution in [0, 0.1) is 5.92 Å². The highest BCUT2D eigenvalue weighted by Crippen LogP contribution is 2.22. The first-order valence-corrected chi connectivity index (χ1v) is 5.37. The Labute approximate surface area is 93.9 Å². The summed E-state index contributed by atoms with van der Waals surface area (Å²) >= 11 is 0. The summed E-state index contributed by atoms with van der Waals surface area (Å²) in [7, 11) is 0. The average molecular weight is 221 g/mol. The van der Waals surface area contributed by atoms with Crippen molar-refractivity contribution in [2.75, 3.05) is 23.7 Å². The van der Waals surface area contributed by atoms with Crippen molar-refractivity contribution in [1.82, 2.24) is 4.98 Å². The van der Waals surface area contributed by atoms with E-state index in [-0.39, 0.29) is 5.92 Å². The van der Waals surface area contributed by atoms with Gasteiger partial charge in [-0.05, 0) is 25.0 Å². The van der Waals surface area contributed by atoms with Crippen molar-refractivity contribution >= 4 is 17.6 Å². The summed E-state index contributed by atoms with van der Waals surface area (Å²) in [6.45, 7) is 1.37. The number of pyridine rings is 1. The number of rotatable bonds is 2. The maximum absolute atomic E-state index is 10.9. The van der Waals surface area contributed by atoms with Gasteiger partial charge in [0.1, 0.15) is 11.6 Å². The number of carbonyl (C=O) groups is 1. The lowest BCUT2D eigenvalue weighted by Gasteiger charge is -2.31. The van der Waals surface area contributed by atoms with E-state index in [1.165, 1.54) is 0 Å². The lowest BCUT2D eigenvalue weighted by Crippen LogP contribution is -2.39. The summed E-state index contributed by atoms with van der Waals surface area (Å²) in [4.78, 5) is 17.1. The Morgan fingerprint density at radius 2 is 2.38 bits per heavy atom. The van der Waals surface area contributed by atoms with E-state index in [1.54, 1.807) is 6.07 Å². The molecule has 1 aromatic heterocycles. The Morgan fingerprint density at radius 1 is 1.56 bits per heavy atom. The molecule has 0 aliphatic carbocycles. The Kier molecular flexibility index (Phi) is 2.94. The highest BCUT2D eigenvalue weighted by molar-refractivity contribution is 5.71. The van der Waals surface area contributed by atoms with Crippen LogP contribution in [0.25, 0.3) is 0 Å². The van der Waals surface area contributed by atoms with Gasteiger partial charge in [0.05, 0.1) is 5.92 Å². The zero-order valence-corrected chi connectivity index (χ0v) is 8.97. The molecule has 0 spiro atoms. The minimum Gasteiger partial charge on any atom is -0.481 e. The van der Waals surface area contributed by atoms with E-state index in [4.69, 9.17) is 10.8 Å². The van der Waals surface area contributed by atoms with Crippen LogP contribution in [0.2, 0.25) is 0 Å². The number of nitrogens with two attached hydrogens (primary N) is 1. The molecule has 0 saturated carbocycles. The molecular weight excluding hydrogens is 206 g/mol. The summed E-state index contributed by atoms with van der Waals surface area (Å²) in [6, 6.07) is 5.42. The molecule has 5 nitrogen and oxygen atoms in total. The zero-order valence-electron chi connectivity index (χ0n) is 8.97. The molecule has 16 heavy (non-hydrogen) atoms. The number of hydrogen-bond donors (Lipinski definition) is 2. The molecular formula is C11H15N3O2. The molecule has 1 aromatic rings. The van der Waals surface area contributed by atoms with Crippen molar-refractivity contribution in [3.63, 3.8) is 0 Å². The van der Waals surface area contributed by atoms with Crippen LogP contribution in [0.4, 0.5) is 11.6 Å². The molecule has 1 saturated heterocycles. The van der Waals surface area contributed by atoms with Gasteiger partial charge in [0.25, 0.3) is 0 Å². The van der Waals surface area contributed by atoms with Gasteiger partial charge in [-0.3, -0.25) is 4.79 Å². The number of hydrogen-bond acceptors (Lipinski definition) is 4. The normalized spacial score (nSPS) is 20.8. The largest absolute Gasteiger partial charge is 0.481 e. The van der Waals surface area contributed by atoms with Gasteiger partial charge in [0.2, 0.25) is 0 Å². The molecule has 2 rings (SSSR count). The van der Waals surface area contributed by atoms with Gasteiger partial charge < -0.3 is 15.7 Å². The van der Waals surface area contributed by atoms with Gasteiger partial charge in [-0.2, -0.15) is 0 Å². The van der Waals surface area contributed by atoms with Crippen molar-refractivity contribution in [3.8, 4) is 0 Å². The van der Waals surface area contributed by atoms with Crippen LogP contribution < -0.4 is 10.6 Å². The van der Waals surface area contributed by atoms with Crippen LogP contribution in [0.5, 0.6) is 0 Å². The molecule has 0 bridgehead atoms. The van der Waals surface area contributed by atoms with Crippen molar-refractivity contribution in [2.45, 2.75) is 12.8 Å². The summed E-state index contributed by atoms with van der Waals surface area (Å²) in [5.41, 5.74) is 5.61.